The van der Waals surface area contributed by atoms with E-state index in [1.54, 1.807) is 0 Å². The Morgan fingerprint density at radius 1 is 1.33 bits per heavy atom. The molecule has 4 heteroatoms. The van der Waals surface area contributed by atoms with Gasteiger partial charge in [-0.1, -0.05) is 30.3 Å². The summed E-state index contributed by atoms with van der Waals surface area (Å²) in [6, 6.07) is 11.1. The smallest absolute Gasteiger partial charge is 0.191 e. The first-order valence-electron chi connectivity index (χ1n) is 9.44. The molecule has 0 spiro atoms. The number of benzene rings is 1. The van der Waals surface area contributed by atoms with Gasteiger partial charge in [0, 0.05) is 25.7 Å². The van der Waals surface area contributed by atoms with Crippen LogP contribution in [0.1, 0.15) is 38.7 Å². The number of aryl methyl sites for hydroxylation is 1. The lowest BCUT2D eigenvalue weighted by Crippen LogP contribution is -2.43. The fourth-order valence-electron chi connectivity index (χ4n) is 3.30. The molecule has 1 saturated heterocycles. The minimum Gasteiger partial charge on any atom is -0.357 e. The zero-order valence-corrected chi connectivity index (χ0v) is 15.6. The highest BCUT2D eigenvalue weighted by Crippen LogP contribution is 2.15. The molecule has 1 fully saturated rings. The first kappa shape index (κ1) is 18.8. The van der Waals surface area contributed by atoms with Crippen molar-refractivity contribution < 1.29 is 0 Å². The minimum absolute atomic E-state index is 0.414. The zero-order chi connectivity index (χ0) is 17.2. The van der Waals surface area contributed by atoms with Crippen molar-refractivity contribution in [3.8, 4) is 0 Å². The summed E-state index contributed by atoms with van der Waals surface area (Å²) in [4.78, 5) is 7.26. The van der Waals surface area contributed by atoms with Crippen LogP contribution in [0.25, 0.3) is 0 Å². The maximum absolute atomic E-state index is 4.83. The first-order valence-corrected chi connectivity index (χ1v) is 9.44. The summed E-state index contributed by atoms with van der Waals surface area (Å²) in [7, 11) is 2.21. The number of hydrogen-bond donors (Lipinski definition) is 2. The van der Waals surface area contributed by atoms with Crippen molar-refractivity contribution in [1.82, 2.24) is 15.5 Å². The van der Waals surface area contributed by atoms with E-state index in [0.29, 0.717) is 12.0 Å². The topological polar surface area (TPSA) is 39.7 Å². The highest BCUT2D eigenvalue weighted by Gasteiger charge is 2.17. The molecule has 0 aromatic heterocycles. The van der Waals surface area contributed by atoms with E-state index >= 15 is 0 Å². The molecule has 0 radical (unpaired) electrons. The van der Waals surface area contributed by atoms with Gasteiger partial charge in [-0.15, -0.1) is 0 Å². The second-order valence-electron chi connectivity index (χ2n) is 7.06. The molecule has 1 aliphatic rings. The van der Waals surface area contributed by atoms with Crippen molar-refractivity contribution in [2.45, 2.75) is 45.6 Å². The normalized spacial score (nSPS) is 20.6. The summed E-state index contributed by atoms with van der Waals surface area (Å²) in [5.74, 6) is 1.66. The van der Waals surface area contributed by atoms with Crippen molar-refractivity contribution in [1.29, 1.82) is 0 Å². The second-order valence-corrected chi connectivity index (χ2v) is 7.06. The summed E-state index contributed by atoms with van der Waals surface area (Å²) in [6.45, 7) is 8.60. The molecular formula is C20H34N4. The molecule has 0 saturated carbocycles. The predicted molar refractivity (Wildman–Crippen MR) is 104 cm³/mol. The average Bonchev–Trinajstić information content (AvgIpc) is 2.59. The van der Waals surface area contributed by atoms with Gasteiger partial charge in [0.05, 0.1) is 0 Å². The number of hydrogen-bond acceptors (Lipinski definition) is 2. The lowest BCUT2D eigenvalue weighted by molar-refractivity contribution is 0.214. The Balaban J connectivity index is 1.79. The van der Waals surface area contributed by atoms with Crippen LogP contribution in [0, 0.1) is 5.92 Å². The molecular weight excluding hydrogens is 296 g/mol. The van der Waals surface area contributed by atoms with Crippen LogP contribution < -0.4 is 10.6 Å². The van der Waals surface area contributed by atoms with Gasteiger partial charge in [-0.2, -0.15) is 0 Å². The summed E-state index contributed by atoms with van der Waals surface area (Å²) in [6.07, 6.45) is 4.81. The Labute approximate surface area is 147 Å². The second kappa shape index (κ2) is 10.3. The average molecular weight is 331 g/mol. The van der Waals surface area contributed by atoms with Crippen LogP contribution in [0.4, 0.5) is 0 Å². The lowest BCUT2D eigenvalue weighted by Gasteiger charge is -2.29. The SMILES string of the molecule is CCNC(=NCC1CCCN(C)C1)NC(C)CCc1ccccc1. The molecule has 0 aliphatic carbocycles. The molecule has 2 N–H and O–H groups in total. The van der Waals surface area contributed by atoms with Crippen LogP contribution in [-0.2, 0) is 6.42 Å². The van der Waals surface area contributed by atoms with Crippen molar-refractivity contribution in [2.75, 3.05) is 33.2 Å². The lowest BCUT2D eigenvalue weighted by atomic mass is 9.99. The van der Waals surface area contributed by atoms with Gasteiger partial charge >= 0.3 is 0 Å². The van der Waals surface area contributed by atoms with Crippen molar-refractivity contribution >= 4 is 5.96 Å². The van der Waals surface area contributed by atoms with E-state index in [-0.39, 0.29) is 0 Å². The highest BCUT2D eigenvalue weighted by molar-refractivity contribution is 5.80. The fraction of sp³-hybridized carbons (Fsp3) is 0.650. The van der Waals surface area contributed by atoms with E-state index in [1.807, 2.05) is 0 Å². The van der Waals surface area contributed by atoms with E-state index < -0.39 is 0 Å². The fourth-order valence-corrected chi connectivity index (χ4v) is 3.30. The maximum Gasteiger partial charge on any atom is 0.191 e. The van der Waals surface area contributed by atoms with Crippen molar-refractivity contribution in [2.24, 2.45) is 10.9 Å². The molecule has 24 heavy (non-hydrogen) atoms. The molecule has 134 valence electrons. The molecule has 1 aromatic carbocycles. The number of nitrogens with one attached hydrogen (secondary N) is 2. The van der Waals surface area contributed by atoms with Gasteiger partial charge in [0.1, 0.15) is 0 Å². The van der Waals surface area contributed by atoms with Crippen LogP contribution >= 0.6 is 0 Å². The van der Waals surface area contributed by atoms with E-state index in [0.717, 1.165) is 31.9 Å². The van der Waals surface area contributed by atoms with Gasteiger partial charge in [0.15, 0.2) is 5.96 Å². The van der Waals surface area contributed by atoms with Crippen LogP contribution in [0.15, 0.2) is 35.3 Å². The highest BCUT2D eigenvalue weighted by atomic mass is 15.2. The van der Waals surface area contributed by atoms with Crippen LogP contribution in [0.2, 0.25) is 0 Å². The number of aliphatic imine (C=N–C) groups is 1. The van der Waals surface area contributed by atoms with Crippen molar-refractivity contribution in [3.63, 3.8) is 0 Å². The summed E-state index contributed by atoms with van der Waals surface area (Å²) in [5, 5.41) is 6.95. The third kappa shape index (κ3) is 6.91. The number of rotatable bonds is 7. The van der Waals surface area contributed by atoms with Gasteiger partial charge in [0.25, 0.3) is 0 Å². The van der Waals surface area contributed by atoms with Gasteiger partial charge in [-0.3, -0.25) is 4.99 Å². The van der Waals surface area contributed by atoms with E-state index in [9.17, 15) is 0 Å². The maximum atomic E-state index is 4.83. The molecule has 2 atom stereocenters. The molecule has 0 amide bonds. The molecule has 1 aromatic rings. The summed E-state index contributed by atoms with van der Waals surface area (Å²) < 4.78 is 0. The monoisotopic (exact) mass is 330 g/mol. The number of nitrogens with zero attached hydrogens (tertiary/aromatic N) is 2. The molecule has 2 unspecified atom stereocenters. The largest absolute Gasteiger partial charge is 0.357 e. The van der Waals surface area contributed by atoms with Gasteiger partial charge in [-0.05, 0) is 64.6 Å². The molecule has 1 aliphatic heterocycles. The van der Waals surface area contributed by atoms with Gasteiger partial charge in [-0.25, -0.2) is 0 Å². The molecule has 4 nitrogen and oxygen atoms in total. The van der Waals surface area contributed by atoms with E-state index in [2.05, 4.69) is 66.8 Å². The Morgan fingerprint density at radius 2 is 2.12 bits per heavy atom. The zero-order valence-electron chi connectivity index (χ0n) is 15.6. The van der Waals surface area contributed by atoms with Crippen molar-refractivity contribution in [3.05, 3.63) is 35.9 Å². The quantitative estimate of drug-likeness (QED) is 0.596. The minimum atomic E-state index is 0.414. The summed E-state index contributed by atoms with van der Waals surface area (Å²) >= 11 is 0. The molecule has 1 heterocycles. The predicted octanol–water partition coefficient (Wildman–Crippen LogP) is 2.90. The standard InChI is InChI=1S/C20H34N4/c1-4-21-20(22-15-19-11-8-14-24(3)16-19)23-17(2)12-13-18-9-6-5-7-10-18/h5-7,9-10,17,19H,4,8,11-16H2,1-3H3,(H2,21,22,23). The number of guanidine groups is 1. The Morgan fingerprint density at radius 3 is 2.83 bits per heavy atom. The molecule has 0 bridgehead atoms. The Kier molecular flexibility index (Phi) is 8.10. The first-order chi connectivity index (χ1) is 11.7. The Hall–Kier alpha value is -1.55. The third-order valence-electron chi connectivity index (χ3n) is 4.67. The number of likely N-dealkylation sites (tertiary alicyclic amines) is 1. The third-order valence-corrected chi connectivity index (χ3v) is 4.67. The van der Waals surface area contributed by atoms with Gasteiger partial charge in [0.2, 0.25) is 0 Å². The van der Waals surface area contributed by atoms with Crippen LogP contribution in [-0.4, -0.2) is 50.1 Å². The van der Waals surface area contributed by atoms with E-state index in [4.69, 9.17) is 4.99 Å². The van der Waals surface area contributed by atoms with Crippen LogP contribution in [0.3, 0.4) is 0 Å². The van der Waals surface area contributed by atoms with Gasteiger partial charge < -0.3 is 15.5 Å². The van der Waals surface area contributed by atoms with E-state index in [1.165, 1.54) is 31.5 Å². The summed E-state index contributed by atoms with van der Waals surface area (Å²) in [5.41, 5.74) is 1.40. The Bertz CT molecular complexity index is 486. The molecule has 2 rings (SSSR count). The number of piperidine rings is 1. The van der Waals surface area contributed by atoms with Crippen LogP contribution in [0.5, 0.6) is 0 Å².